The van der Waals surface area contributed by atoms with Crippen molar-refractivity contribution in [2.24, 2.45) is 0 Å². The zero-order chi connectivity index (χ0) is 22.9. The molecule has 1 saturated heterocycles. The van der Waals surface area contributed by atoms with Crippen molar-refractivity contribution >= 4 is 23.6 Å². The van der Waals surface area contributed by atoms with E-state index in [9.17, 15) is 8.78 Å². The summed E-state index contributed by atoms with van der Waals surface area (Å²) >= 11 is 0. The lowest BCUT2D eigenvalue weighted by Gasteiger charge is -2.32. The van der Waals surface area contributed by atoms with Gasteiger partial charge in [0.05, 0.1) is 28.7 Å². The van der Waals surface area contributed by atoms with Crippen molar-refractivity contribution in [2.75, 3.05) is 0 Å². The molecule has 2 fully saturated rings. The van der Waals surface area contributed by atoms with Gasteiger partial charge in [0.25, 0.3) is 5.92 Å². The predicted molar refractivity (Wildman–Crippen MR) is 117 cm³/mol. The number of imidazole rings is 1. The van der Waals surface area contributed by atoms with E-state index < -0.39 is 36.4 Å². The van der Waals surface area contributed by atoms with Crippen molar-refractivity contribution in [1.82, 2.24) is 14.5 Å². The highest BCUT2D eigenvalue weighted by molar-refractivity contribution is 6.62. The lowest BCUT2D eigenvalue weighted by molar-refractivity contribution is 0.00578. The van der Waals surface area contributed by atoms with Crippen LogP contribution in [0.2, 0.25) is 0 Å². The van der Waals surface area contributed by atoms with E-state index in [0.717, 1.165) is 11.2 Å². The first-order valence-electron chi connectivity index (χ1n) is 10.8. The molecule has 2 aromatic heterocycles. The fraction of sp³-hybridized carbons (Fsp3) is 0.478. The van der Waals surface area contributed by atoms with Gasteiger partial charge in [-0.2, -0.15) is 0 Å². The van der Waals surface area contributed by atoms with Crippen molar-refractivity contribution in [2.45, 2.75) is 70.3 Å². The average Bonchev–Trinajstić information content (AvgIpc) is 3.05. The molecule has 0 spiro atoms. The highest BCUT2D eigenvalue weighted by Gasteiger charge is 2.59. The van der Waals surface area contributed by atoms with Crippen molar-refractivity contribution in [3.05, 3.63) is 48.5 Å². The van der Waals surface area contributed by atoms with Gasteiger partial charge in [0, 0.05) is 12.6 Å². The van der Waals surface area contributed by atoms with E-state index in [-0.39, 0.29) is 6.42 Å². The number of nitrogens with zero attached hydrogens (tertiary/aromatic N) is 3. The topological polar surface area (TPSA) is 58.4 Å². The first-order chi connectivity index (χ1) is 15.0. The quantitative estimate of drug-likeness (QED) is 0.548. The van der Waals surface area contributed by atoms with Crippen molar-refractivity contribution in [3.8, 4) is 5.75 Å². The van der Waals surface area contributed by atoms with Gasteiger partial charge < -0.3 is 18.6 Å². The third kappa shape index (κ3) is 3.48. The SMILES string of the molecule is C[C@@H](Oc1cc(B2OC(C)(C)C(C)(C)O2)cc2ncn(C3CC3(F)F)c12)c1ccccn1. The summed E-state index contributed by atoms with van der Waals surface area (Å²) in [5.74, 6) is -2.28. The fourth-order valence-corrected chi connectivity index (χ4v) is 3.96. The summed E-state index contributed by atoms with van der Waals surface area (Å²) in [5.41, 5.74) is 1.55. The highest BCUT2D eigenvalue weighted by Crippen LogP contribution is 2.54. The number of fused-ring (bicyclic) bond motifs is 1. The molecule has 2 atom stereocenters. The molecule has 168 valence electrons. The summed E-state index contributed by atoms with van der Waals surface area (Å²) in [6, 6.07) is 8.30. The minimum Gasteiger partial charge on any atom is -0.482 e. The van der Waals surface area contributed by atoms with Crippen molar-refractivity contribution in [1.29, 1.82) is 0 Å². The van der Waals surface area contributed by atoms with Gasteiger partial charge in [-0.3, -0.25) is 4.98 Å². The Labute approximate surface area is 186 Å². The second-order valence-corrected chi connectivity index (χ2v) is 9.62. The minimum absolute atomic E-state index is 0.202. The van der Waals surface area contributed by atoms with E-state index in [1.165, 1.54) is 10.9 Å². The summed E-state index contributed by atoms with van der Waals surface area (Å²) in [7, 11) is -0.621. The lowest BCUT2D eigenvalue weighted by Crippen LogP contribution is -2.41. The molecule has 5 rings (SSSR count). The third-order valence-electron chi connectivity index (χ3n) is 6.72. The predicted octanol–water partition coefficient (Wildman–Crippen LogP) is 4.45. The summed E-state index contributed by atoms with van der Waals surface area (Å²) in [4.78, 5) is 8.77. The number of alkyl halides is 2. The smallest absolute Gasteiger partial charge is 0.482 e. The summed E-state index contributed by atoms with van der Waals surface area (Å²) in [5, 5.41) is 0. The largest absolute Gasteiger partial charge is 0.495 e. The normalized spacial score (nSPS) is 24.0. The van der Waals surface area contributed by atoms with E-state index in [1.54, 1.807) is 6.20 Å². The van der Waals surface area contributed by atoms with Crippen LogP contribution in [0.1, 0.15) is 58.9 Å². The molecular weight excluding hydrogens is 415 g/mol. The monoisotopic (exact) mass is 441 g/mol. The number of hydrogen-bond acceptors (Lipinski definition) is 5. The number of rotatable bonds is 5. The second kappa shape index (κ2) is 6.99. The summed E-state index contributed by atoms with van der Waals surface area (Å²) in [6.07, 6.45) is 2.56. The number of aromatic nitrogens is 3. The highest BCUT2D eigenvalue weighted by atomic mass is 19.3. The van der Waals surface area contributed by atoms with Crippen LogP contribution in [0.15, 0.2) is 42.9 Å². The van der Waals surface area contributed by atoms with Gasteiger partial charge in [-0.15, -0.1) is 0 Å². The lowest BCUT2D eigenvalue weighted by atomic mass is 9.78. The van der Waals surface area contributed by atoms with Gasteiger partial charge >= 0.3 is 7.12 Å². The Balaban J connectivity index is 1.58. The van der Waals surface area contributed by atoms with E-state index >= 15 is 0 Å². The second-order valence-electron chi connectivity index (χ2n) is 9.62. The molecule has 3 heterocycles. The maximum Gasteiger partial charge on any atom is 0.495 e. The molecular formula is C23H26BF2N3O3. The molecule has 2 aliphatic rings. The Morgan fingerprint density at radius 2 is 1.81 bits per heavy atom. The zero-order valence-corrected chi connectivity index (χ0v) is 18.8. The summed E-state index contributed by atoms with van der Waals surface area (Å²) < 4.78 is 48.0. The number of pyridine rings is 1. The van der Waals surface area contributed by atoms with Crippen LogP contribution in [-0.4, -0.2) is 38.8 Å². The molecule has 9 heteroatoms. The fourth-order valence-electron chi connectivity index (χ4n) is 3.96. The number of hydrogen-bond donors (Lipinski definition) is 0. The maximum atomic E-state index is 13.9. The minimum atomic E-state index is -2.73. The van der Waals surface area contributed by atoms with Crippen LogP contribution in [-0.2, 0) is 9.31 Å². The number of halogens is 2. The molecule has 1 saturated carbocycles. The molecule has 0 radical (unpaired) electrons. The first kappa shape index (κ1) is 21.3. The Bertz CT molecular complexity index is 1150. The molecule has 6 nitrogen and oxygen atoms in total. The van der Waals surface area contributed by atoms with Gasteiger partial charge in [-0.25, -0.2) is 13.8 Å². The average molecular weight is 441 g/mol. The molecule has 1 unspecified atom stereocenters. The number of ether oxygens (including phenoxy) is 1. The Kier molecular flexibility index (Phi) is 4.66. The van der Waals surface area contributed by atoms with Crippen LogP contribution >= 0.6 is 0 Å². The molecule has 0 bridgehead atoms. The molecule has 1 aliphatic carbocycles. The Morgan fingerprint density at radius 1 is 1.12 bits per heavy atom. The Hall–Kier alpha value is -2.52. The molecule has 1 aromatic carbocycles. The molecule has 1 aliphatic heterocycles. The molecule has 0 amide bonds. The van der Waals surface area contributed by atoms with E-state index in [1.807, 2.05) is 65.0 Å². The maximum absolute atomic E-state index is 13.9. The van der Waals surface area contributed by atoms with Gasteiger partial charge in [0.1, 0.15) is 23.4 Å². The van der Waals surface area contributed by atoms with Crippen LogP contribution in [0.4, 0.5) is 8.78 Å². The van der Waals surface area contributed by atoms with Gasteiger partial charge in [0.2, 0.25) is 0 Å². The van der Waals surface area contributed by atoms with Crippen LogP contribution in [0.3, 0.4) is 0 Å². The van der Waals surface area contributed by atoms with Crippen LogP contribution in [0.25, 0.3) is 11.0 Å². The van der Waals surface area contributed by atoms with E-state index in [0.29, 0.717) is 16.8 Å². The Morgan fingerprint density at radius 3 is 2.41 bits per heavy atom. The standard InChI is InChI=1S/C23H26BF2N3O3/c1-14(16-8-6-7-9-27-16)30-18-11-15(24-31-21(2,3)22(4,5)32-24)10-17-20(18)29(13-28-17)19-12-23(19,25)26/h6-11,13-14,19H,12H2,1-5H3/t14-,19?/m1/s1. The zero-order valence-electron chi connectivity index (χ0n) is 18.8. The van der Waals surface area contributed by atoms with Crippen molar-refractivity contribution in [3.63, 3.8) is 0 Å². The number of benzene rings is 1. The molecule has 3 aromatic rings. The van der Waals surface area contributed by atoms with Gasteiger partial charge in [-0.1, -0.05) is 6.07 Å². The van der Waals surface area contributed by atoms with Crippen LogP contribution in [0.5, 0.6) is 5.75 Å². The van der Waals surface area contributed by atoms with Crippen LogP contribution in [0, 0.1) is 0 Å². The van der Waals surface area contributed by atoms with E-state index in [4.69, 9.17) is 14.0 Å². The third-order valence-corrected chi connectivity index (χ3v) is 6.72. The first-order valence-corrected chi connectivity index (χ1v) is 10.8. The van der Waals surface area contributed by atoms with Crippen molar-refractivity contribution < 1.29 is 22.8 Å². The van der Waals surface area contributed by atoms with Crippen LogP contribution < -0.4 is 10.2 Å². The van der Waals surface area contributed by atoms with Gasteiger partial charge in [-0.05, 0) is 64.3 Å². The van der Waals surface area contributed by atoms with Gasteiger partial charge in [0.15, 0.2) is 0 Å². The molecule has 0 N–H and O–H groups in total. The molecule has 32 heavy (non-hydrogen) atoms. The summed E-state index contributed by atoms with van der Waals surface area (Å²) in [6.45, 7) is 9.81. The van der Waals surface area contributed by atoms with E-state index in [2.05, 4.69) is 9.97 Å².